The summed E-state index contributed by atoms with van der Waals surface area (Å²) in [4.78, 5) is 10.5. The zero-order chi connectivity index (χ0) is 11.7. The molecule has 80 valence electrons. The maximum absolute atomic E-state index is 10.5. The van der Waals surface area contributed by atoms with Crippen LogP contribution in [0.2, 0.25) is 4.34 Å². The fourth-order valence-electron chi connectivity index (χ4n) is 0.472. The molecule has 1 aromatic rings. The Morgan fingerprint density at radius 1 is 1.53 bits per heavy atom. The van der Waals surface area contributed by atoms with Gasteiger partial charge >= 0.3 is 0 Å². The van der Waals surface area contributed by atoms with Crippen molar-refractivity contribution in [1.82, 2.24) is 3.96 Å². The predicted molar refractivity (Wildman–Crippen MR) is 65.8 cm³/mol. The second-order valence-corrected chi connectivity index (χ2v) is 5.65. The SMILES string of the molecule is Cn1sc(Cl)cc1=O.N#CSCSC#N. The molecule has 0 saturated carbocycles. The molecule has 0 aliphatic rings. The molecular weight excluding hydrogens is 274 g/mol. The standard InChI is InChI=1S/C4H4ClNOS.C3H2N2S2/c1-6-4(7)2-3(5)8-6;4-1-6-3-7-2-5/h2H,1H3;3H2. The minimum Gasteiger partial charge on any atom is -0.268 e. The summed E-state index contributed by atoms with van der Waals surface area (Å²) in [6, 6.07) is 1.40. The molecule has 8 heteroatoms. The van der Waals surface area contributed by atoms with E-state index in [0.29, 0.717) is 9.42 Å². The first-order valence-corrected chi connectivity index (χ1v) is 6.58. The smallest absolute Gasteiger partial charge is 0.261 e. The van der Waals surface area contributed by atoms with Gasteiger partial charge < -0.3 is 0 Å². The maximum Gasteiger partial charge on any atom is 0.261 e. The summed E-state index contributed by atoms with van der Waals surface area (Å²) < 4.78 is 2.01. The highest BCUT2D eigenvalue weighted by atomic mass is 35.5. The first-order valence-electron chi connectivity index (χ1n) is 3.46. The monoisotopic (exact) mass is 279 g/mol. The molecule has 0 unspecified atom stereocenters. The Morgan fingerprint density at radius 2 is 2.07 bits per heavy atom. The number of nitrogens with zero attached hydrogens (tertiary/aromatic N) is 3. The van der Waals surface area contributed by atoms with Crippen molar-refractivity contribution in [2.45, 2.75) is 0 Å². The van der Waals surface area contributed by atoms with Gasteiger partial charge in [0.25, 0.3) is 5.56 Å². The summed E-state index contributed by atoms with van der Waals surface area (Å²) in [7, 11) is 1.68. The topological polar surface area (TPSA) is 69.6 Å². The third kappa shape index (κ3) is 7.34. The van der Waals surface area contributed by atoms with E-state index in [9.17, 15) is 4.79 Å². The molecule has 4 nitrogen and oxygen atoms in total. The number of hydrogen-bond acceptors (Lipinski definition) is 6. The Kier molecular flexibility index (Phi) is 8.34. The fraction of sp³-hybridized carbons (Fsp3) is 0.286. The van der Waals surface area contributed by atoms with E-state index in [1.165, 1.54) is 21.6 Å². The molecule has 0 spiro atoms. The molecule has 0 radical (unpaired) electrons. The summed E-state index contributed by atoms with van der Waals surface area (Å²) in [5.41, 5.74) is -0.0417. The molecule has 1 heterocycles. The van der Waals surface area contributed by atoms with Crippen LogP contribution in [0.3, 0.4) is 0 Å². The number of aryl methyl sites for hydroxylation is 1. The highest BCUT2D eigenvalue weighted by Crippen LogP contribution is 2.09. The molecule has 15 heavy (non-hydrogen) atoms. The molecule has 1 aromatic heterocycles. The Morgan fingerprint density at radius 3 is 2.27 bits per heavy atom. The highest BCUT2D eigenvalue weighted by molar-refractivity contribution is 8.20. The van der Waals surface area contributed by atoms with Gasteiger partial charge in [-0.2, -0.15) is 10.5 Å². The highest BCUT2D eigenvalue weighted by Gasteiger charge is 1.93. The van der Waals surface area contributed by atoms with E-state index in [1.54, 1.807) is 7.05 Å². The number of halogens is 1. The summed E-state index contributed by atoms with van der Waals surface area (Å²) in [5.74, 6) is 0. The lowest BCUT2D eigenvalue weighted by Crippen LogP contribution is -2.05. The van der Waals surface area contributed by atoms with Gasteiger partial charge in [0, 0.05) is 13.1 Å². The van der Waals surface area contributed by atoms with Crippen molar-refractivity contribution < 1.29 is 0 Å². The number of aromatic nitrogens is 1. The summed E-state index contributed by atoms with van der Waals surface area (Å²) in [6.07, 6.45) is 0. The van der Waals surface area contributed by atoms with E-state index >= 15 is 0 Å². The van der Waals surface area contributed by atoms with Crippen molar-refractivity contribution in [3.63, 3.8) is 0 Å². The van der Waals surface area contributed by atoms with Crippen LogP contribution in [0.1, 0.15) is 0 Å². The van der Waals surface area contributed by atoms with Gasteiger partial charge in [-0.1, -0.05) is 11.6 Å². The van der Waals surface area contributed by atoms with Crippen molar-refractivity contribution in [2.24, 2.45) is 7.05 Å². The van der Waals surface area contributed by atoms with Crippen LogP contribution in [-0.2, 0) is 7.05 Å². The predicted octanol–water partition coefficient (Wildman–Crippen LogP) is 2.47. The zero-order valence-electron chi connectivity index (χ0n) is 7.64. The van der Waals surface area contributed by atoms with Gasteiger partial charge in [-0.15, -0.1) is 0 Å². The van der Waals surface area contributed by atoms with E-state index in [1.807, 2.05) is 10.8 Å². The van der Waals surface area contributed by atoms with Crippen LogP contribution in [0.25, 0.3) is 0 Å². The first-order chi connectivity index (χ1) is 7.11. The average Bonchev–Trinajstić information content (AvgIpc) is 2.46. The third-order valence-corrected chi connectivity index (χ3v) is 3.28. The number of hydrogen-bond donors (Lipinski definition) is 0. The summed E-state index contributed by atoms with van der Waals surface area (Å²) >= 11 is 8.86. The van der Waals surface area contributed by atoms with Crippen LogP contribution in [0.5, 0.6) is 0 Å². The molecule has 0 aliphatic heterocycles. The van der Waals surface area contributed by atoms with Crippen molar-refractivity contribution in [2.75, 3.05) is 5.08 Å². The van der Waals surface area contributed by atoms with E-state index in [-0.39, 0.29) is 5.56 Å². The van der Waals surface area contributed by atoms with Crippen LogP contribution >= 0.6 is 46.7 Å². The number of nitriles is 2. The lowest BCUT2D eigenvalue weighted by molar-refractivity contribution is 0.981. The fourth-order valence-corrected chi connectivity index (χ4v) is 2.09. The second-order valence-electron chi connectivity index (χ2n) is 1.96. The third-order valence-electron chi connectivity index (χ3n) is 1.02. The molecule has 1 rings (SSSR count). The molecule has 0 fully saturated rings. The largest absolute Gasteiger partial charge is 0.268 e. The Labute approximate surface area is 105 Å². The molecule has 0 aromatic carbocycles. The summed E-state index contributed by atoms with van der Waals surface area (Å²) in [5, 5.41) is 20.0. The van der Waals surface area contributed by atoms with Crippen LogP contribution in [0.15, 0.2) is 10.9 Å². The van der Waals surface area contributed by atoms with Crippen molar-refractivity contribution in [3.05, 3.63) is 20.8 Å². The minimum absolute atomic E-state index is 0.0417. The Bertz CT molecular complexity index is 414. The normalized spacial score (nSPS) is 8.27. The number of thiocyanates is 2. The van der Waals surface area contributed by atoms with Gasteiger partial charge in [-0.05, 0) is 35.1 Å². The molecule has 0 amide bonds. The van der Waals surface area contributed by atoms with Gasteiger partial charge in [-0.25, -0.2) is 0 Å². The quantitative estimate of drug-likeness (QED) is 0.472. The lowest BCUT2D eigenvalue weighted by atomic mass is 10.7. The molecular formula is C7H6ClN3OS3. The first kappa shape index (κ1) is 14.4. The Balaban J connectivity index is 0.000000265. The second kappa shape index (κ2) is 8.69. The van der Waals surface area contributed by atoms with Gasteiger partial charge in [0.2, 0.25) is 0 Å². The average molecular weight is 280 g/mol. The van der Waals surface area contributed by atoms with Crippen LogP contribution in [0, 0.1) is 21.3 Å². The molecule has 0 bridgehead atoms. The van der Waals surface area contributed by atoms with Crippen molar-refractivity contribution in [3.8, 4) is 10.8 Å². The number of thioether (sulfide) groups is 2. The maximum atomic E-state index is 10.5. The Hall–Kier alpha value is -0.600. The minimum atomic E-state index is -0.0417. The van der Waals surface area contributed by atoms with Crippen molar-refractivity contribution >= 4 is 46.7 Å². The van der Waals surface area contributed by atoms with Crippen LogP contribution in [0.4, 0.5) is 0 Å². The van der Waals surface area contributed by atoms with Gasteiger partial charge in [0.05, 0.1) is 5.08 Å². The van der Waals surface area contributed by atoms with E-state index in [2.05, 4.69) is 0 Å². The molecule has 0 saturated heterocycles. The van der Waals surface area contributed by atoms with E-state index < -0.39 is 0 Å². The van der Waals surface area contributed by atoms with Gasteiger partial charge in [0.15, 0.2) is 0 Å². The molecule has 0 atom stereocenters. The van der Waals surface area contributed by atoms with E-state index in [0.717, 1.165) is 23.5 Å². The van der Waals surface area contributed by atoms with Gasteiger partial charge in [0.1, 0.15) is 15.1 Å². The van der Waals surface area contributed by atoms with E-state index in [4.69, 9.17) is 22.1 Å². The lowest BCUT2D eigenvalue weighted by Gasteiger charge is -1.77. The van der Waals surface area contributed by atoms with Gasteiger partial charge in [-0.3, -0.25) is 8.75 Å². The van der Waals surface area contributed by atoms with Crippen LogP contribution in [-0.4, -0.2) is 9.04 Å². The summed E-state index contributed by atoms with van der Waals surface area (Å²) in [6.45, 7) is 0. The zero-order valence-corrected chi connectivity index (χ0v) is 10.8. The molecule has 0 aliphatic carbocycles. The van der Waals surface area contributed by atoms with Crippen molar-refractivity contribution in [1.29, 1.82) is 10.5 Å². The molecule has 0 N–H and O–H groups in total. The van der Waals surface area contributed by atoms with Crippen LogP contribution < -0.4 is 5.56 Å². The number of rotatable bonds is 2.